The zero-order valence-corrected chi connectivity index (χ0v) is 19.0. The summed E-state index contributed by atoms with van der Waals surface area (Å²) in [6.45, 7) is 1.62. The monoisotopic (exact) mass is 467 g/mol. The molecule has 0 aliphatic rings. The Morgan fingerprint density at radius 3 is 2.31 bits per heavy atom. The highest BCUT2D eigenvalue weighted by molar-refractivity contribution is 5.91. The summed E-state index contributed by atoms with van der Waals surface area (Å²) in [4.78, 5) is 31.0. The maximum Gasteiger partial charge on any atom is 0.279 e. The molecule has 1 N–H and O–H groups in total. The zero-order valence-electron chi connectivity index (χ0n) is 19.0. The molecule has 5 aromatic rings. The molecule has 0 aliphatic heterocycles. The Balaban J connectivity index is 1.62. The van der Waals surface area contributed by atoms with Crippen LogP contribution in [0, 0.1) is 12.7 Å². The van der Waals surface area contributed by atoms with Crippen LogP contribution in [0.5, 0.6) is 0 Å². The van der Waals surface area contributed by atoms with Gasteiger partial charge in [0.05, 0.1) is 5.69 Å². The highest BCUT2D eigenvalue weighted by Gasteiger charge is 2.20. The van der Waals surface area contributed by atoms with Gasteiger partial charge >= 0.3 is 0 Å². The first-order chi connectivity index (χ1) is 17.0. The van der Waals surface area contributed by atoms with Crippen molar-refractivity contribution in [2.45, 2.75) is 19.9 Å². The second-order valence-electron chi connectivity index (χ2n) is 8.16. The molecule has 0 saturated heterocycles. The Morgan fingerprint density at radius 2 is 1.60 bits per heavy atom. The van der Waals surface area contributed by atoms with E-state index in [1.54, 1.807) is 23.6 Å². The molecular formula is C27H22FN5O2. The van der Waals surface area contributed by atoms with E-state index in [0.717, 1.165) is 11.1 Å². The molecule has 0 bridgehead atoms. The van der Waals surface area contributed by atoms with Crippen LogP contribution in [0.4, 0.5) is 10.1 Å². The van der Waals surface area contributed by atoms with Crippen LogP contribution in [0.25, 0.3) is 17.2 Å². The maximum atomic E-state index is 14.1. The molecule has 0 aliphatic carbocycles. The fourth-order valence-electron chi connectivity index (χ4n) is 4.01. The van der Waals surface area contributed by atoms with E-state index in [4.69, 9.17) is 0 Å². The number of para-hydroxylation sites is 1. The second kappa shape index (κ2) is 9.34. The topological polar surface area (TPSA) is 81.3 Å². The van der Waals surface area contributed by atoms with E-state index >= 15 is 0 Å². The van der Waals surface area contributed by atoms with E-state index in [0.29, 0.717) is 23.5 Å². The third kappa shape index (κ3) is 4.46. The van der Waals surface area contributed by atoms with Crippen LogP contribution in [0.1, 0.15) is 16.8 Å². The third-order valence-corrected chi connectivity index (χ3v) is 5.83. The molecule has 0 radical (unpaired) electrons. The molecule has 0 spiro atoms. The van der Waals surface area contributed by atoms with Crippen molar-refractivity contribution in [3.8, 4) is 11.4 Å². The number of fused-ring (bicyclic) bond motifs is 1. The second-order valence-corrected chi connectivity index (χ2v) is 8.16. The van der Waals surface area contributed by atoms with Crippen molar-refractivity contribution >= 4 is 17.4 Å². The lowest BCUT2D eigenvalue weighted by atomic mass is 10.0. The van der Waals surface area contributed by atoms with Gasteiger partial charge in [0.1, 0.15) is 12.4 Å². The first kappa shape index (κ1) is 22.2. The molecule has 2 aromatic heterocycles. The van der Waals surface area contributed by atoms with Crippen molar-refractivity contribution in [2.24, 2.45) is 0 Å². The van der Waals surface area contributed by atoms with E-state index in [-0.39, 0.29) is 23.6 Å². The number of anilines is 1. The quantitative estimate of drug-likeness (QED) is 0.405. The van der Waals surface area contributed by atoms with Crippen LogP contribution in [0.3, 0.4) is 0 Å². The number of amides is 1. The zero-order chi connectivity index (χ0) is 24.4. The Morgan fingerprint density at radius 1 is 0.943 bits per heavy atom. The summed E-state index contributed by atoms with van der Waals surface area (Å²) >= 11 is 0. The van der Waals surface area contributed by atoms with Crippen molar-refractivity contribution in [1.82, 2.24) is 19.2 Å². The standard InChI is InChI=1S/C27H22FN5O2/c1-18-21(16-19-10-4-2-5-11-19)26(35)33-27(30-25(31-33)20-12-6-3-7-13-20)32(18)17-24(34)29-23-15-9-8-14-22(23)28/h2-15H,16-17H2,1H3,(H,29,34). The predicted molar refractivity (Wildman–Crippen MR) is 132 cm³/mol. The SMILES string of the molecule is Cc1c(Cc2ccccc2)c(=O)n2nc(-c3ccccc3)nc2n1CC(=O)Nc1ccccc1F. The van der Waals surface area contributed by atoms with Gasteiger partial charge in [-0.25, -0.2) is 4.39 Å². The molecule has 174 valence electrons. The van der Waals surface area contributed by atoms with Gasteiger partial charge in [0.2, 0.25) is 11.7 Å². The van der Waals surface area contributed by atoms with Gasteiger partial charge in [-0.05, 0) is 24.6 Å². The van der Waals surface area contributed by atoms with Gasteiger partial charge in [-0.3, -0.25) is 9.59 Å². The van der Waals surface area contributed by atoms with Gasteiger partial charge in [-0.1, -0.05) is 72.8 Å². The van der Waals surface area contributed by atoms with Gasteiger partial charge in [0, 0.05) is 23.2 Å². The normalized spacial score (nSPS) is 11.0. The van der Waals surface area contributed by atoms with Crippen molar-refractivity contribution < 1.29 is 9.18 Å². The lowest BCUT2D eigenvalue weighted by Crippen LogP contribution is -2.29. The molecule has 1 amide bonds. The number of nitrogens with zero attached hydrogens (tertiary/aromatic N) is 4. The summed E-state index contributed by atoms with van der Waals surface area (Å²) < 4.78 is 17.0. The Labute approximate surface area is 200 Å². The summed E-state index contributed by atoms with van der Waals surface area (Å²) in [7, 11) is 0. The van der Waals surface area contributed by atoms with Gasteiger partial charge in [0.15, 0.2) is 5.82 Å². The largest absolute Gasteiger partial charge is 0.322 e. The highest BCUT2D eigenvalue weighted by Crippen LogP contribution is 2.19. The lowest BCUT2D eigenvalue weighted by molar-refractivity contribution is -0.116. The fourth-order valence-corrected chi connectivity index (χ4v) is 4.01. The third-order valence-electron chi connectivity index (χ3n) is 5.83. The number of carbonyl (C=O) groups excluding carboxylic acids is 1. The number of benzene rings is 3. The molecule has 3 aromatic carbocycles. The minimum absolute atomic E-state index is 0.0863. The number of halogens is 1. The Hall–Kier alpha value is -4.59. The van der Waals surface area contributed by atoms with Gasteiger partial charge in [-0.15, -0.1) is 5.10 Å². The van der Waals surface area contributed by atoms with Crippen molar-refractivity contribution in [3.05, 3.63) is 118 Å². The number of nitrogens with one attached hydrogen (secondary N) is 1. The number of rotatable bonds is 6. The first-order valence-corrected chi connectivity index (χ1v) is 11.1. The minimum atomic E-state index is -0.527. The summed E-state index contributed by atoms with van der Waals surface area (Å²) in [6, 6.07) is 24.9. The predicted octanol–water partition coefficient (Wildman–Crippen LogP) is 4.24. The van der Waals surface area contributed by atoms with Crippen molar-refractivity contribution in [1.29, 1.82) is 0 Å². The van der Waals surface area contributed by atoms with Crippen molar-refractivity contribution in [3.63, 3.8) is 0 Å². The maximum absolute atomic E-state index is 14.1. The molecule has 7 nitrogen and oxygen atoms in total. The Kier molecular flexibility index (Phi) is 5.93. The summed E-state index contributed by atoms with van der Waals surface area (Å²) in [5.74, 6) is -0.353. The molecule has 0 unspecified atom stereocenters. The molecule has 5 rings (SSSR count). The fraction of sp³-hybridized carbons (Fsp3) is 0.111. The average molecular weight is 468 g/mol. The van der Waals surface area contributed by atoms with Crippen LogP contribution >= 0.6 is 0 Å². The summed E-state index contributed by atoms with van der Waals surface area (Å²) in [6.07, 6.45) is 0.372. The lowest BCUT2D eigenvalue weighted by Gasteiger charge is -2.15. The molecule has 8 heteroatoms. The van der Waals surface area contributed by atoms with Gasteiger partial charge in [0.25, 0.3) is 5.56 Å². The van der Waals surface area contributed by atoms with Crippen LogP contribution < -0.4 is 10.9 Å². The smallest absolute Gasteiger partial charge is 0.279 e. The Bertz CT molecular complexity index is 1580. The van der Waals surface area contributed by atoms with Crippen molar-refractivity contribution in [2.75, 3.05) is 5.32 Å². The molecular weight excluding hydrogens is 445 g/mol. The minimum Gasteiger partial charge on any atom is -0.322 e. The number of hydrogen-bond donors (Lipinski definition) is 1. The van der Waals surface area contributed by atoms with Crippen LogP contribution in [0.2, 0.25) is 0 Å². The van der Waals surface area contributed by atoms with Crippen LogP contribution in [0.15, 0.2) is 89.7 Å². The van der Waals surface area contributed by atoms with Gasteiger partial charge in [-0.2, -0.15) is 9.50 Å². The van der Waals surface area contributed by atoms with E-state index in [9.17, 15) is 14.0 Å². The van der Waals surface area contributed by atoms with E-state index in [1.165, 1.54) is 16.6 Å². The molecule has 0 fully saturated rings. The van der Waals surface area contributed by atoms with Gasteiger partial charge < -0.3 is 9.88 Å². The van der Waals surface area contributed by atoms with E-state index in [1.807, 2.05) is 60.7 Å². The molecule has 0 saturated carbocycles. The summed E-state index contributed by atoms with van der Waals surface area (Å²) in [5.41, 5.74) is 2.61. The number of hydrogen-bond acceptors (Lipinski definition) is 4. The van der Waals surface area contributed by atoms with Crippen LogP contribution in [-0.2, 0) is 17.8 Å². The molecule has 2 heterocycles. The number of aromatic nitrogens is 4. The first-order valence-electron chi connectivity index (χ1n) is 11.1. The highest BCUT2D eigenvalue weighted by atomic mass is 19.1. The number of carbonyl (C=O) groups is 1. The molecule has 0 atom stereocenters. The van der Waals surface area contributed by atoms with Crippen LogP contribution in [-0.4, -0.2) is 25.1 Å². The average Bonchev–Trinajstić information content (AvgIpc) is 3.33. The van der Waals surface area contributed by atoms with E-state index < -0.39 is 11.7 Å². The van der Waals surface area contributed by atoms with E-state index in [2.05, 4.69) is 15.4 Å². The molecule has 35 heavy (non-hydrogen) atoms. The summed E-state index contributed by atoms with van der Waals surface area (Å²) in [5, 5.41) is 7.07.